The van der Waals surface area contributed by atoms with E-state index in [1.165, 1.54) is 6.42 Å². The van der Waals surface area contributed by atoms with E-state index >= 15 is 0 Å². The number of hydrogen-bond acceptors (Lipinski definition) is 5. The van der Waals surface area contributed by atoms with Gasteiger partial charge in [-0.3, -0.25) is 0 Å². The number of nitrogens with one attached hydrogen (secondary N) is 2. The van der Waals surface area contributed by atoms with E-state index < -0.39 is 0 Å². The van der Waals surface area contributed by atoms with Gasteiger partial charge < -0.3 is 21.3 Å². The van der Waals surface area contributed by atoms with Crippen LogP contribution < -0.4 is 16.4 Å². The fraction of sp³-hybridized carbons (Fsp3) is 0.476. The van der Waals surface area contributed by atoms with Crippen molar-refractivity contribution in [1.29, 1.82) is 0 Å². The van der Waals surface area contributed by atoms with Gasteiger partial charge in [-0.2, -0.15) is 9.98 Å². The summed E-state index contributed by atoms with van der Waals surface area (Å²) in [5, 5.41) is 7.44. The number of aromatic nitrogens is 2. The number of nitrogens with zero attached hydrogens (tertiary/aromatic N) is 4. The van der Waals surface area contributed by atoms with Gasteiger partial charge in [-0.05, 0) is 50.4 Å². The molecule has 0 saturated carbocycles. The SMILES string of the molecule is Cc1cc(NC2CCCN(CC(C)C)C2)nc(/N=C(\N)Nc2ccc(Cl)c(Cl)c2)n1. The maximum Gasteiger partial charge on any atom is 0.254 e. The van der Waals surface area contributed by atoms with Gasteiger partial charge in [0.1, 0.15) is 5.82 Å². The van der Waals surface area contributed by atoms with Crippen molar-refractivity contribution in [3.8, 4) is 0 Å². The Bertz CT molecular complexity index is 901. The van der Waals surface area contributed by atoms with E-state index in [0.717, 1.165) is 37.6 Å². The molecular weight excluding hydrogens is 421 g/mol. The highest BCUT2D eigenvalue weighted by Crippen LogP contribution is 2.25. The summed E-state index contributed by atoms with van der Waals surface area (Å²) < 4.78 is 0. The second-order valence-electron chi connectivity index (χ2n) is 8.08. The molecule has 1 aromatic heterocycles. The predicted molar refractivity (Wildman–Crippen MR) is 126 cm³/mol. The van der Waals surface area contributed by atoms with E-state index in [4.69, 9.17) is 28.9 Å². The quantitative estimate of drug-likeness (QED) is 0.437. The molecular formula is C21H29Cl2N7. The van der Waals surface area contributed by atoms with Crippen LogP contribution in [0.2, 0.25) is 10.0 Å². The van der Waals surface area contributed by atoms with E-state index in [2.05, 4.69) is 44.3 Å². The second kappa shape index (κ2) is 10.3. The van der Waals surface area contributed by atoms with Crippen molar-refractivity contribution in [2.24, 2.45) is 16.6 Å². The molecule has 0 spiro atoms. The van der Waals surface area contributed by atoms with E-state index in [1.54, 1.807) is 18.2 Å². The lowest BCUT2D eigenvalue weighted by atomic mass is 10.0. The number of aryl methyl sites for hydroxylation is 1. The first-order chi connectivity index (χ1) is 14.3. The van der Waals surface area contributed by atoms with Crippen LogP contribution in [0.4, 0.5) is 17.5 Å². The van der Waals surface area contributed by atoms with Crippen molar-refractivity contribution in [3.05, 3.63) is 40.0 Å². The summed E-state index contributed by atoms with van der Waals surface area (Å²) in [5.41, 5.74) is 7.54. The number of likely N-dealkylation sites (tertiary alicyclic amines) is 1. The summed E-state index contributed by atoms with van der Waals surface area (Å²) >= 11 is 12.0. The van der Waals surface area contributed by atoms with Crippen LogP contribution in [-0.4, -0.2) is 46.5 Å². The molecule has 2 heterocycles. The second-order valence-corrected chi connectivity index (χ2v) is 8.90. The van der Waals surface area contributed by atoms with Crippen LogP contribution in [0.3, 0.4) is 0 Å². The number of nitrogens with two attached hydrogens (primary N) is 1. The number of piperidine rings is 1. The fourth-order valence-corrected chi connectivity index (χ4v) is 3.90. The minimum absolute atomic E-state index is 0.172. The lowest BCUT2D eigenvalue weighted by Gasteiger charge is -2.34. The Hall–Kier alpha value is -2.09. The number of halogens is 2. The standard InChI is InChI=1S/C21H29Cl2N7/c1-13(2)11-30-8-4-5-16(12-30)26-19-9-14(3)25-21(28-19)29-20(24)27-15-6-7-17(22)18(23)10-15/h6-7,9-10,13,16H,4-5,8,11-12H2,1-3H3,(H4,24,25,26,27,28,29). The maximum atomic E-state index is 6.04. The number of hydrogen-bond donors (Lipinski definition) is 3. The Labute approximate surface area is 188 Å². The van der Waals surface area contributed by atoms with Gasteiger partial charge in [0, 0.05) is 36.6 Å². The molecule has 0 bridgehead atoms. The van der Waals surface area contributed by atoms with E-state index in [-0.39, 0.29) is 5.96 Å². The van der Waals surface area contributed by atoms with Crippen molar-refractivity contribution < 1.29 is 0 Å². The zero-order valence-electron chi connectivity index (χ0n) is 17.6. The fourth-order valence-electron chi connectivity index (χ4n) is 3.60. The summed E-state index contributed by atoms with van der Waals surface area (Å²) in [6.07, 6.45) is 2.30. The van der Waals surface area contributed by atoms with Crippen LogP contribution in [0, 0.1) is 12.8 Å². The molecule has 1 aliphatic rings. The molecule has 30 heavy (non-hydrogen) atoms. The highest BCUT2D eigenvalue weighted by Gasteiger charge is 2.20. The zero-order chi connectivity index (χ0) is 21.7. The summed E-state index contributed by atoms with van der Waals surface area (Å²) in [5.74, 6) is 1.90. The lowest BCUT2D eigenvalue weighted by Crippen LogP contribution is -2.43. The Balaban J connectivity index is 1.68. The van der Waals surface area contributed by atoms with E-state index in [9.17, 15) is 0 Å². The number of anilines is 2. The van der Waals surface area contributed by atoms with E-state index in [1.807, 2.05) is 13.0 Å². The molecule has 162 valence electrons. The summed E-state index contributed by atoms with van der Waals surface area (Å²) in [7, 11) is 0. The molecule has 7 nitrogen and oxygen atoms in total. The Morgan fingerprint density at radius 1 is 1.27 bits per heavy atom. The topological polar surface area (TPSA) is 91.5 Å². The van der Waals surface area contributed by atoms with Crippen LogP contribution in [0.25, 0.3) is 0 Å². The Morgan fingerprint density at radius 2 is 2.07 bits per heavy atom. The van der Waals surface area contributed by atoms with Gasteiger partial charge in [0.15, 0.2) is 0 Å². The molecule has 1 atom stereocenters. The minimum atomic E-state index is 0.172. The Morgan fingerprint density at radius 3 is 2.80 bits per heavy atom. The molecule has 1 fully saturated rings. The molecule has 1 saturated heterocycles. The largest absolute Gasteiger partial charge is 0.369 e. The molecule has 1 aliphatic heterocycles. The summed E-state index contributed by atoms with van der Waals surface area (Å²) in [4.78, 5) is 15.7. The van der Waals surface area contributed by atoms with Gasteiger partial charge in [-0.25, -0.2) is 4.98 Å². The maximum absolute atomic E-state index is 6.04. The Kier molecular flexibility index (Phi) is 7.75. The first-order valence-electron chi connectivity index (χ1n) is 10.2. The average Bonchev–Trinajstić information content (AvgIpc) is 2.64. The van der Waals surface area contributed by atoms with Gasteiger partial charge in [0.05, 0.1) is 10.0 Å². The van der Waals surface area contributed by atoms with Gasteiger partial charge in [0.25, 0.3) is 5.95 Å². The molecule has 1 unspecified atom stereocenters. The van der Waals surface area contributed by atoms with Crippen molar-refractivity contribution in [1.82, 2.24) is 14.9 Å². The molecule has 9 heteroatoms. The average molecular weight is 450 g/mol. The third-order valence-corrected chi connectivity index (χ3v) is 5.47. The van der Waals surface area contributed by atoms with E-state index in [0.29, 0.717) is 33.6 Å². The number of benzene rings is 1. The minimum Gasteiger partial charge on any atom is -0.369 e. The highest BCUT2D eigenvalue weighted by molar-refractivity contribution is 6.42. The third kappa shape index (κ3) is 6.72. The highest BCUT2D eigenvalue weighted by atomic mass is 35.5. The zero-order valence-corrected chi connectivity index (χ0v) is 19.1. The molecule has 2 aromatic rings. The molecule has 3 rings (SSSR count). The summed E-state index contributed by atoms with van der Waals surface area (Å²) in [6, 6.07) is 7.44. The number of guanidine groups is 1. The molecule has 4 N–H and O–H groups in total. The van der Waals surface area contributed by atoms with Crippen molar-refractivity contribution in [2.75, 3.05) is 30.3 Å². The van der Waals surface area contributed by atoms with Crippen molar-refractivity contribution in [3.63, 3.8) is 0 Å². The van der Waals surface area contributed by atoms with Gasteiger partial charge in [-0.15, -0.1) is 0 Å². The van der Waals surface area contributed by atoms with Crippen LogP contribution >= 0.6 is 23.2 Å². The van der Waals surface area contributed by atoms with Crippen LogP contribution in [-0.2, 0) is 0 Å². The lowest BCUT2D eigenvalue weighted by molar-refractivity contribution is 0.195. The van der Waals surface area contributed by atoms with Crippen LogP contribution in [0.5, 0.6) is 0 Å². The first-order valence-corrected chi connectivity index (χ1v) is 10.9. The van der Waals surface area contributed by atoms with Crippen molar-refractivity contribution >= 4 is 46.6 Å². The molecule has 1 aromatic carbocycles. The molecule has 0 aliphatic carbocycles. The normalized spacial score (nSPS) is 17.9. The number of aliphatic imine (C=N–C) groups is 1. The van der Waals surface area contributed by atoms with Gasteiger partial charge >= 0.3 is 0 Å². The first kappa shape index (κ1) is 22.6. The molecule has 0 radical (unpaired) electrons. The summed E-state index contributed by atoms with van der Waals surface area (Å²) in [6.45, 7) is 9.72. The number of rotatable bonds is 6. The smallest absolute Gasteiger partial charge is 0.254 e. The monoisotopic (exact) mass is 449 g/mol. The van der Waals surface area contributed by atoms with Crippen LogP contribution in [0.1, 0.15) is 32.4 Å². The molecule has 0 amide bonds. The predicted octanol–water partition coefficient (Wildman–Crippen LogP) is 4.68. The van der Waals surface area contributed by atoms with Crippen molar-refractivity contribution in [2.45, 2.75) is 39.7 Å². The third-order valence-electron chi connectivity index (χ3n) is 4.74. The van der Waals surface area contributed by atoms with Crippen LogP contribution in [0.15, 0.2) is 29.3 Å². The van der Waals surface area contributed by atoms with Gasteiger partial charge in [0.2, 0.25) is 5.96 Å². The van der Waals surface area contributed by atoms with Gasteiger partial charge in [-0.1, -0.05) is 37.0 Å².